The molecule has 2 aromatic carbocycles. The molecular weight excluding hydrogens is 450 g/mol. The summed E-state index contributed by atoms with van der Waals surface area (Å²) >= 11 is 0. The van der Waals surface area contributed by atoms with Crippen molar-refractivity contribution in [3.8, 4) is 28.2 Å². The van der Waals surface area contributed by atoms with Gasteiger partial charge in [0.1, 0.15) is 23.1 Å². The number of aliphatic hydroxyl groups excluding tert-OH is 1. The van der Waals surface area contributed by atoms with E-state index >= 15 is 0 Å². The first kappa shape index (κ1) is 22.4. The van der Waals surface area contributed by atoms with Crippen LogP contribution in [0.1, 0.15) is 16.8 Å². The van der Waals surface area contributed by atoms with E-state index in [1.807, 2.05) is 36.4 Å². The van der Waals surface area contributed by atoms with Crippen molar-refractivity contribution in [2.75, 3.05) is 18.6 Å². The highest BCUT2D eigenvalue weighted by Gasteiger charge is 2.39. The summed E-state index contributed by atoms with van der Waals surface area (Å²) in [7, 11) is 1.42. The fraction of sp³-hybridized carbons (Fsp3) is 0.192. The van der Waals surface area contributed by atoms with Gasteiger partial charge in [-0.1, -0.05) is 30.3 Å². The van der Waals surface area contributed by atoms with Gasteiger partial charge in [0, 0.05) is 41.9 Å². The van der Waals surface area contributed by atoms with Crippen molar-refractivity contribution in [1.29, 1.82) is 0 Å². The fourth-order valence-electron chi connectivity index (χ4n) is 4.60. The molecule has 1 saturated heterocycles. The number of aromatic nitrogens is 1. The smallest absolute Gasteiger partial charge is 0.326 e. The van der Waals surface area contributed by atoms with Gasteiger partial charge in [-0.2, -0.15) is 0 Å². The highest BCUT2D eigenvalue weighted by molar-refractivity contribution is 6.00. The van der Waals surface area contributed by atoms with Crippen molar-refractivity contribution >= 4 is 28.7 Å². The molecule has 9 nitrogen and oxygen atoms in total. The number of amides is 1. The second kappa shape index (κ2) is 8.77. The molecule has 5 rings (SSSR count). The van der Waals surface area contributed by atoms with Gasteiger partial charge in [0.25, 0.3) is 0 Å². The van der Waals surface area contributed by atoms with Gasteiger partial charge >= 0.3 is 5.97 Å². The molecule has 178 valence electrons. The lowest BCUT2D eigenvalue weighted by molar-refractivity contribution is -0.138. The SMILES string of the molecule is COc1cc(C(N)=O)cc(-c2cc3nccc(-c4ccccc4)c3o2)c1N1C[C@H](O)C[C@H]1C(=O)O. The molecule has 1 aliphatic rings. The fourth-order valence-corrected chi connectivity index (χ4v) is 4.60. The van der Waals surface area contributed by atoms with Gasteiger partial charge in [0.05, 0.1) is 18.9 Å². The molecule has 0 radical (unpaired) electrons. The lowest BCUT2D eigenvalue weighted by Crippen LogP contribution is -2.36. The number of β-amino-alcohol motifs (C(OH)–C–C–N with tert-alkyl or cyclic N) is 1. The number of hydrogen-bond donors (Lipinski definition) is 3. The minimum absolute atomic E-state index is 0.0509. The van der Waals surface area contributed by atoms with Gasteiger partial charge in [-0.05, 0) is 23.8 Å². The summed E-state index contributed by atoms with van der Waals surface area (Å²) in [6, 6.07) is 15.3. The summed E-state index contributed by atoms with van der Waals surface area (Å²) in [5.74, 6) is -1.15. The molecule has 1 aliphatic heterocycles. The zero-order valence-electron chi connectivity index (χ0n) is 18.8. The van der Waals surface area contributed by atoms with Gasteiger partial charge < -0.3 is 30.0 Å². The Morgan fingerprint density at radius 1 is 1.14 bits per heavy atom. The summed E-state index contributed by atoms with van der Waals surface area (Å²) in [6.07, 6.45) is 0.893. The van der Waals surface area contributed by atoms with Crippen molar-refractivity contribution in [3.63, 3.8) is 0 Å². The first-order valence-electron chi connectivity index (χ1n) is 11.0. The van der Waals surface area contributed by atoms with E-state index in [0.717, 1.165) is 11.1 Å². The van der Waals surface area contributed by atoms with E-state index in [2.05, 4.69) is 4.98 Å². The lowest BCUT2D eigenvalue weighted by atomic mass is 10.0. The highest BCUT2D eigenvalue weighted by atomic mass is 16.5. The molecule has 4 aromatic rings. The van der Waals surface area contributed by atoms with Gasteiger partial charge in [0.15, 0.2) is 5.58 Å². The number of methoxy groups -OCH3 is 1. The molecule has 0 aliphatic carbocycles. The number of rotatable bonds is 6. The van der Waals surface area contributed by atoms with Crippen molar-refractivity contribution in [2.24, 2.45) is 5.73 Å². The first-order chi connectivity index (χ1) is 16.9. The number of benzene rings is 2. The third kappa shape index (κ3) is 3.95. The number of carbonyl (C=O) groups excluding carboxylic acids is 1. The number of furan rings is 1. The lowest BCUT2D eigenvalue weighted by Gasteiger charge is -2.27. The number of hydrogen-bond acceptors (Lipinski definition) is 7. The molecule has 0 unspecified atom stereocenters. The molecule has 3 heterocycles. The number of nitrogens with two attached hydrogens (primary N) is 1. The standard InChI is InChI=1S/C26H23N3O6/c1-34-22-10-15(25(27)31)9-18(23(22)29-13-16(30)11-20(29)26(32)33)21-12-19-24(35-21)17(7-8-28-19)14-5-3-2-4-6-14/h2-10,12,16,20,30H,11,13H2,1H3,(H2,27,31)(H,32,33)/t16-,20+/m1/s1. The summed E-state index contributed by atoms with van der Waals surface area (Å²) in [6.45, 7) is 0.0734. The van der Waals surface area contributed by atoms with E-state index in [0.29, 0.717) is 28.1 Å². The summed E-state index contributed by atoms with van der Waals surface area (Å²) in [5, 5.41) is 20.1. The third-order valence-electron chi connectivity index (χ3n) is 6.19. The van der Waals surface area contributed by atoms with Crippen LogP contribution in [0.4, 0.5) is 5.69 Å². The van der Waals surface area contributed by atoms with Crippen LogP contribution in [-0.2, 0) is 4.79 Å². The van der Waals surface area contributed by atoms with Crippen molar-refractivity contribution in [1.82, 2.24) is 4.98 Å². The molecule has 1 amide bonds. The Balaban J connectivity index is 1.76. The molecular formula is C26H23N3O6. The normalized spacial score (nSPS) is 17.6. The Morgan fingerprint density at radius 3 is 2.60 bits per heavy atom. The quantitative estimate of drug-likeness (QED) is 0.388. The molecule has 0 bridgehead atoms. The van der Waals surface area contributed by atoms with Crippen LogP contribution in [0, 0.1) is 0 Å². The van der Waals surface area contributed by atoms with Gasteiger partial charge in [-0.25, -0.2) is 4.79 Å². The number of carbonyl (C=O) groups is 2. The predicted molar refractivity (Wildman–Crippen MR) is 129 cm³/mol. The Hall–Kier alpha value is -4.37. The number of fused-ring (bicyclic) bond motifs is 1. The van der Waals surface area contributed by atoms with Crippen LogP contribution < -0.4 is 15.4 Å². The Morgan fingerprint density at radius 2 is 1.91 bits per heavy atom. The van der Waals surface area contributed by atoms with E-state index in [-0.39, 0.29) is 24.3 Å². The zero-order valence-corrected chi connectivity index (χ0v) is 18.8. The maximum atomic E-state index is 12.1. The summed E-state index contributed by atoms with van der Waals surface area (Å²) in [4.78, 5) is 30.1. The summed E-state index contributed by atoms with van der Waals surface area (Å²) < 4.78 is 11.8. The van der Waals surface area contributed by atoms with Gasteiger partial charge in [0.2, 0.25) is 5.91 Å². The minimum Gasteiger partial charge on any atom is -0.495 e. The molecule has 0 saturated carbocycles. The van der Waals surface area contributed by atoms with Gasteiger partial charge in [-0.15, -0.1) is 0 Å². The molecule has 0 spiro atoms. The first-order valence-corrected chi connectivity index (χ1v) is 11.0. The molecule has 1 fully saturated rings. The van der Waals surface area contributed by atoms with Crippen LogP contribution in [-0.4, -0.2) is 52.9 Å². The van der Waals surface area contributed by atoms with E-state index in [1.54, 1.807) is 23.2 Å². The average molecular weight is 473 g/mol. The number of carboxylic acids is 1. The van der Waals surface area contributed by atoms with E-state index < -0.39 is 24.0 Å². The van der Waals surface area contributed by atoms with Crippen LogP contribution in [0.2, 0.25) is 0 Å². The van der Waals surface area contributed by atoms with Crippen molar-refractivity contribution in [2.45, 2.75) is 18.6 Å². The second-order valence-electron chi connectivity index (χ2n) is 8.38. The van der Waals surface area contributed by atoms with Crippen LogP contribution in [0.3, 0.4) is 0 Å². The highest BCUT2D eigenvalue weighted by Crippen LogP contribution is 2.45. The Bertz CT molecular complexity index is 1430. The number of primary amides is 1. The monoisotopic (exact) mass is 473 g/mol. The molecule has 2 aromatic heterocycles. The number of ether oxygens (including phenoxy) is 1. The van der Waals surface area contributed by atoms with Crippen LogP contribution >= 0.6 is 0 Å². The second-order valence-corrected chi connectivity index (χ2v) is 8.38. The van der Waals surface area contributed by atoms with E-state index in [4.69, 9.17) is 14.9 Å². The van der Waals surface area contributed by atoms with Crippen LogP contribution in [0.5, 0.6) is 5.75 Å². The number of aliphatic hydroxyl groups is 1. The van der Waals surface area contributed by atoms with Gasteiger partial charge in [-0.3, -0.25) is 9.78 Å². The number of carboxylic acid groups (broad SMARTS) is 1. The van der Waals surface area contributed by atoms with E-state index in [9.17, 15) is 19.8 Å². The third-order valence-corrected chi connectivity index (χ3v) is 6.19. The Labute approximate surface area is 200 Å². The summed E-state index contributed by atoms with van der Waals surface area (Å²) in [5.41, 5.74) is 9.46. The topological polar surface area (TPSA) is 139 Å². The van der Waals surface area contributed by atoms with E-state index in [1.165, 1.54) is 13.2 Å². The molecule has 9 heteroatoms. The molecule has 35 heavy (non-hydrogen) atoms. The number of pyridine rings is 1. The molecule has 4 N–H and O–H groups in total. The number of aliphatic carboxylic acids is 1. The zero-order chi connectivity index (χ0) is 24.7. The van der Waals surface area contributed by atoms with Crippen molar-refractivity contribution < 1.29 is 29.0 Å². The molecule has 2 atom stereocenters. The van der Waals surface area contributed by atoms with Crippen LogP contribution in [0.15, 0.2) is 65.2 Å². The average Bonchev–Trinajstić information content (AvgIpc) is 3.47. The van der Waals surface area contributed by atoms with Crippen LogP contribution in [0.25, 0.3) is 33.6 Å². The Kier molecular flexibility index (Phi) is 5.62. The van der Waals surface area contributed by atoms with Crippen molar-refractivity contribution in [3.05, 3.63) is 66.4 Å². The maximum Gasteiger partial charge on any atom is 0.326 e. The maximum absolute atomic E-state index is 12.1. The minimum atomic E-state index is -1.08. The number of nitrogens with zero attached hydrogens (tertiary/aromatic N) is 2. The largest absolute Gasteiger partial charge is 0.495 e. The number of anilines is 1. The predicted octanol–water partition coefficient (Wildman–Crippen LogP) is 3.29.